The van der Waals surface area contributed by atoms with E-state index < -0.39 is 22.5 Å². The van der Waals surface area contributed by atoms with Crippen LogP contribution in [0, 0.1) is 19.8 Å². The van der Waals surface area contributed by atoms with Crippen LogP contribution in [0.1, 0.15) is 30.5 Å². The van der Waals surface area contributed by atoms with Gasteiger partial charge in [-0.25, -0.2) is 13.8 Å². The van der Waals surface area contributed by atoms with Crippen molar-refractivity contribution in [2.45, 2.75) is 32.6 Å². The first-order chi connectivity index (χ1) is 18.5. The molecule has 3 rings (SSSR count). The number of aryl methyl sites for hydroxylation is 2. The zero-order valence-electron chi connectivity index (χ0n) is 23.1. The molecule has 0 unspecified atom stereocenters. The summed E-state index contributed by atoms with van der Waals surface area (Å²) in [6.07, 6.45) is 1.48. The van der Waals surface area contributed by atoms with Gasteiger partial charge in [0.15, 0.2) is 11.5 Å². The summed E-state index contributed by atoms with van der Waals surface area (Å²) in [5, 5.41) is 4.01. The van der Waals surface area contributed by atoms with Crippen molar-refractivity contribution in [3.63, 3.8) is 0 Å². The smallest absolute Gasteiger partial charge is 0.264 e. The first kappa shape index (κ1) is 29.5. The molecule has 0 fully saturated rings. The predicted octanol–water partition coefficient (Wildman–Crippen LogP) is 4.70. The number of nitrogens with zero attached hydrogens (tertiary/aromatic N) is 2. The highest BCUT2D eigenvalue weighted by atomic mass is 32.2. The number of methoxy groups -OCH3 is 2. The van der Waals surface area contributed by atoms with Crippen molar-refractivity contribution >= 4 is 27.8 Å². The van der Waals surface area contributed by atoms with Gasteiger partial charge in [-0.1, -0.05) is 19.9 Å². The third-order valence-corrected chi connectivity index (χ3v) is 7.36. The minimum atomic E-state index is -4.16. The Hall–Kier alpha value is -4.05. The van der Waals surface area contributed by atoms with Crippen molar-refractivity contribution in [3.8, 4) is 17.2 Å². The number of ether oxygens (including phenoxy) is 3. The number of hydrogen-bond donors (Lipinski definition) is 1. The van der Waals surface area contributed by atoms with E-state index in [9.17, 15) is 13.2 Å². The van der Waals surface area contributed by atoms with Crippen molar-refractivity contribution in [2.75, 3.05) is 31.7 Å². The number of nitrogens with one attached hydrogen (secondary N) is 1. The molecule has 0 saturated heterocycles. The van der Waals surface area contributed by atoms with Gasteiger partial charge >= 0.3 is 0 Å². The Kier molecular flexibility index (Phi) is 9.95. The number of anilines is 1. The van der Waals surface area contributed by atoms with E-state index in [1.54, 1.807) is 12.1 Å². The third-order valence-electron chi connectivity index (χ3n) is 5.59. The molecule has 39 heavy (non-hydrogen) atoms. The van der Waals surface area contributed by atoms with Crippen LogP contribution in [0.15, 0.2) is 70.7 Å². The second-order valence-corrected chi connectivity index (χ2v) is 11.3. The Bertz CT molecular complexity index is 1400. The molecule has 0 aliphatic carbocycles. The normalized spacial score (nSPS) is 11.5. The lowest BCUT2D eigenvalue weighted by molar-refractivity contribution is -0.119. The standard InChI is InChI=1S/C29H35N3O6S/c1-20(2)19-38-25-9-7-23(8-10-25)17-30-31-29(33)18-32(24-14-21(3)13-22(4)15-24)39(34,35)26-11-12-27(36-5)28(16-26)37-6/h7-17,20H,18-19H2,1-6H3,(H,31,33)/b30-17-. The number of carbonyl (C=O) groups is 1. The van der Waals surface area contributed by atoms with E-state index in [1.807, 2.05) is 44.2 Å². The summed E-state index contributed by atoms with van der Waals surface area (Å²) in [5.74, 6) is 1.20. The summed E-state index contributed by atoms with van der Waals surface area (Å²) in [4.78, 5) is 12.8. The molecule has 0 radical (unpaired) electrons. The SMILES string of the molecule is COc1ccc(S(=O)(=O)N(CC(=O)N/N=C\c2ccc(OCC(C)C)cc2)c2cc(C)cc(C)c2)cc1OC. The quantitative estimate of drug-likeness (QED) is 0.257. The molecular weight excluding hydrogens is 518 g/mol. The second kappa shape index (κ2) is 13.1. The first-order valence-corrected chi connectivity index (χ1v) is 13.9. The van der Waals surface area contributed by atoms with Gasteiger partial charge in [0.2, 0.25) is 0 Å². The molecule has 1 amide bonds. The van der Waals surface area contributed by atoms with Gasteiger partial charge in [-0.3, -0.25) is 9.10 Å². The summed E-state index contributed by atoms with van der Waals surface area (Å²) < 4.78 is 44.8. The highest BCUT2D eigenvalue weighted by molar-refractivity contribution is 7.92. The van der Waals surface area contributed by atoms with Crippen molar-refractivity contribution in [1.82, 2.24) is 5.43 Å². The van der Waals surface area contributed by atoms with Gasteiger partial charge in [0, 0.05) is 6.07 Å². The van der Waals surface area contributed by atoms with E-state index in [-0.39, 0.29) is 10.6 Å². The lowest BCUT2D eigenvalue weighted by Crippen LogP contribution is -2.39. The minimum Gasteiger partial charge on any atom is -0.493 e. The maximum absolute atomic E-state index is 13.8. The highest BCUT2D eigenvalue weighted by Gasteiger charge is 2.28. The fraction of sp³-hybridized carbons (Fsp3) is 0.310. The van der Waals surface area contributed by atoms with Gasteiger partial charge in [0.25, 0.3) is 15.9 Å². The van der Waals surface area contributed by atoms with Gasteiger partial charge in [-0.2, -0.15) is 5.10 Å². The van der Waals surface area contributed by atoms with Crippen LogP contribution in [0.3, 0.4) is 0 Å². The van der Waals surface area contributed by atoms with E-state index in [4.69, 9.17) is 14.2 Å². The van der Waals surface area contributed by atoms with Gasteiger partial charge in [0.05, 0.1) is 37.6 Å². The molecule has 0 atom stereocenters. The molecule has 0 saturated carbocycles. The van der Waals surface area contributed by atoms with Crippen molar-refractivity contribution in [3.05, 3.63) is 77.4 Å². The number of benzene rings is 3. The van der Waals surface area contributed by atoms with Crippen LogP contribution >= 0.6 is 0 Å². The fourth-order valence-corrected chi connectivity index (χ4v) is 5.19. The lowest BCUT2D eigenvalue weighted by Gasteiger charge is -2.25. The van der Waals surface area contributed by atoms with Crippen LogP contribution < -0.4 is 23.9 Å². The monoisotopic (exact) mass is 553 g/mol. The van der Waals surface area contributed by atoms with Crippen LogP contribution in [0.2, 0.25) is 0 Å². The zero-order valence-corrected chi connectivity index (χ0v) is 23.9. The summed E-state index contributed by atoms with van der Waals surface area (Å²) in [6, 6.07) is 16.9. The number of sulfonamides is 1. The first-order valence-electron chi connectivity index (χ1n) is 12.4. The molecule has 1 N–H and O–H groups in total. The molecule has 0 heterocycles. The maximum atomic E-state index is 13.8. The van der Waals surface area contributed by atoms with Crippen LogP contribution in [-0.4, -0.2) is 47.9 Å². The maximum Gasteiger partial charge on any atom is 0.264 e. The Labute approximate surface area is 230 Å². The largest absolute Gasteiger partial charge is 0.493 e. The molecule has 0 aromatic heterocycles. The Balaban J connectivity index is 1.83. The molecular formula is C29H35N3O6S. The average molecular weight is 554 g/mol. The van der Waals surface area contributed by atoms with E-state index in [1.165, 1.54) is 38.6 Å². The molecule has 0 spiro atoms. The average Bonchev–Trinajstić information content (AvgIpc) is 2.90. The molecule has 0 aliphatic heterocycles. The number of hydrogen-bond acceptors (Lipinski definition) is 7. The van der Waals surface area contributed by atoms with Crippen LogP contribution in [0.4, 0.5) is 5.69 Å². The van der Waals surface area contributed by atoms with E-state index in [2.05, 4.69) is 24.4 Å². The topological polar surface area (TPSA) is 107 Å². The molecule has 0 bridgehead atoms. The Morgan fingerprint density at radius 2 is 1.59 bits per heavy atom. The van der Waals surface area contributed by atoms with Crippen LogP contribution in [0.25, 0.3) is 0 Å². The van der Waals surface area contributed by atoms with Gasteiger partial charge in [-0.15, -0.1) is 0 Å². The lowest BCUT2D eigenvalue weighted by atomic mass is 10.1. The van der Waals surface area contributed by atoms with Crippen LogP contribution in [-0.2, 0) is 14.8 Å². The number of carbonyl (C=O) groups excluding carboxylic acids is 1. The summed E-state index contributed by atoms with van der Waals surface area (Å²) in [5.41, 5.74) is 5.25. The van der Waals surface area contributed by atoms with Crippen LogP contribution in [0.5, 0.6) is 17.2 Å². The van der Waals surface area contributed by atoms with Crippen molar-refractivity contribution in [2.24, 2.45) is 11.0 Å². The fourth-order valence-electron chi connectivity index (χ4n) is 3.77. The highest BCUT2D eigenvalue weighted by Crippen LogP contribution is 2.32. The van der Waals surface area contributed by atoms with Crippen molar-refractivity contribution < 1.29 is 27.4 Å². The van der Waals surface area contributed by atoms with Gasteiger partial charge in [0.1, 0.15) is 12.3 Å². The molecule has 3 aromatic rings. The summed E-state index contributed by atoms with van der Waals surface area (Å²) in [6.45, 7) is 8.00. The van der Waals surface area contributed by atoms with Gasteiger partial charge < -0.3 is 14.2 Å². The Morgan fingerprint density at radius 3 is 2.18 bits per heavy atom. The molecule has 208 valence electrons. The summed E-state index contributed by atoms with van der Waals surface area (Å²) >= 11 is 0. The van der Waals surface area contributed by atoms with E-state index >= 15 is 0 Å². The van der Waals surface area contributed by atoms with E-state index in [0.29, 0.717) is 24.0 Å². The molecule has 9 nitrogen and oxygen atoms in total. The molecule has 10 heteroatoms. The van der Waals surface area contributed by atoms with Gasteiger partial charge in [-0.05, 0) is 85.0 Å². The van der Waals surface area contributed by atoms with Crippen molar-refractivity contribution in [1.29, 1.82) is 0 Å². The third kappa shape index (κ3) is 7.97. The predicted molar refractivity (Wildman–Crippen MR) is 153 cm³/mol. The van der Waals surface area contributed by atoms with E-state index in [0.717, 1.165) is 26.7 Å². The summed E-state index contributed by atoms with van der Waals surface area (Å²) in [7, 11) is -1.27. The minimum absolute atomic E-state index is 0.0459. The molecule has 0 aliphatic rings. The molecule has 3 aromatic carbocycles. The number of rotatable bonds is 12. The Morgan fingerprint density at radius 1 is 0.949 bits per heavy atom. The second-order valence-electron chi connectivity index (χ2n) is 9.44. The number of hydrazone groups is 1. The number of amides is 1. The zero-order chi connectivity index (χ0) is 28.6.